The topological polar surface area (TPSA) is 56.3 Å². The molecule has 0 saturated carbocycles. The van der Waals surface area contributed by atoms with E-state index in [1.165, 1.54) is 13.3 Å². The van der Waals surface area contributed by atoms with Gasteiger partial charge in [-0.2, -0.15) is 0 Å². The zero-order chi connectivity index (χ0) is 12.1. The molecule has 0 aliphatic rings. The zero-order valence-electron chi connectivity index (χ0n) is 9.69. The van der Waals surface area contributed by atoms with Gasteiger partial charge in [-0.3, -0.25) is 9.78 Å². The van der Waals surface area contributed by atoms with Gasteiger partial charge in [0, 0.05) is 24.2 Å². The van der Waals surface area contributed by atoms with Gasteiger partial charge in [-0.05, 0) is 12.1 Å². The maximum Gasteiger partial charge on any atom is 0.337 e. The van der Waals surface area contributed by atoms with E-state index in [4.69, 9.17) is 0 Å². The number of nitrogens with zero attached hydrogens (tertiary/aromatic N) is 1. The summed E-state index contributed by atoms with van der Waals surface area (Å²) >= 11 is 0. The second kappa shape index (κ2) is 5.39. The van der Waals surface area contributed by atoms with Crippen molar-refractivity contribution in [3.8, 4) is 0 Å². The van der Waals surface area contributed by atoms with Crippen LogP contribution in [0.3, 0.4) is 0 Å². The Hall–Kier alpha value is -1.71. The van der Waals surface area contributed by atoms with E-state index >= 15 is 0 Å². The summed E-state index contributed by atoms with van der Waals surface area (Å²) in [7, 11) is 1.32. The quantitative estimate of drug-likeness (QED) is 0.725. The number of Topliss-reactive ketones (excluding diaryl/α,β-unsaturated/α-hetero) is 1. The van der Waals surface area contributed by atoms with Crippen LogP contribution in [0.15, 0.2) is 18.3 Å². The molecule has 0 aromatic carbocycles. The lowest BCUT2D eigenvalue weighted by Crippen LogP contribution is -2.12. The van der Waals surface area contributed by atoms with Crippen LogP contribution in [0.2, 0.25) is 0 Å². The first kappa shape index (κ1) is 12.4. The molecule has 0 saturated heterocycles. The smallest absolute Gasteiger partial charge is 0.337 e. The summed E-state index contributed by atoms with van der Waals surface area (Å²) in [4.78, 5) is 26.8. The van der Waals surface area contributed by atoms with Crippen molar-refractivity contribution in [3.05, 3.63) is 29.6 Å². The number of carbonyl (C=O) groups is 2. The minimum atomic E-state index is -0.416. The summed E-state index contributed by atoms with van der Waals surface area (Å²) in [6.45, 7) is 3.68. The minimum absolute atomic E-state index is 0.0245. The molecule has 1 aromatic rings. The molecule has 1 rings (SSSR count). The van der Waals surface area contributed by atoms with Gasteiger partial charge in [-0.1, -0.05) is 13.8 Å². The van der Waals surface area contributed by atoms with Crippen molar-refractivity contribution in [2.45, 2.75) is 20.3 Å². The molecule has 16 heavy (non-hydrogen) atoms. The Balaban J connectivity index is 2.83. The zero-order valence-corrected chi connectivity index (χ0v) is 9.69. The molecule has 0 spiro atoms. The van der Waals surface area contributed by atoms with Crippen molar-refractivity contribution in [2.75, 3.05) is 7.11 Å². The molecule has 86 valence electrons. The van der Waals surface area contributed by atoms with Gasteiger partial charge in [-0.25, -0.2) is 4.79 Å². The van der Waals surface area contributed by atoms with Gasteiger partial charge >= 0.3 is 5.97 Å². The van der Waals surface area contributed by atoms with Gasteiger partial charge in [0.05, 0.1) is 12.7 Å². The molecule has 4 heteroatoms. The molecule has 0 radical (unpaired) electrons. The van der Waals surface area contributed by atoms with Gasteiger partial charge in [0.2, 0.25) is 0 Å². The number of hydrogen-bond acceptors (Lipinski definition) is 4. The summed E-state index contributed by atoms with van der Waals surface area (Å²) in [5.41, 5.74) is 1.02. The van der Waals surface area contributed by atoms with E-state index in [1.54, 1.807) is 12.1 Å². The van der Waals surface area contributed by atoms with Gasteiger partial charge < -0.3 is 4.74 Å². The molecule has 0 bridgehead atoms. The number of aromatic nitrogens is 1. The van der Waals surface area contributed by atoms with Crippen LogP contribution < -0.4 is 0 Å². The Morgan fingerprint density at radius 3 is 2.69 bits per heavy atom. The highest BCUT2D eigenvalue weighted by molar-refractivity contribution is 5.89. The van der Waals surface area contributed by atoms with E-state index in [9.17, 15) is 9.59 Å². The minimum Gasteiger partial charge on any atom is -0.465 e. The van der Waals surface area contributed by atoms with Crippen molar-refractivity contribution < 1.29 is 14.3 Å². The molecule has 0 unspecified atom stereocenters. The van der Waals surface area contributed by atoms with Gasteiger partial charge in [0.25, 0.3) is 0 Å². The molecule has 0 atom stereocenters. The molecule has 0 N–H and O–H groups in total. The average Bonchev–Trinajstić information content (AvgIpc) is 2.28. The lowest BCUT2D eigenvalue weighted by Gasteiger charge is -2.04. The fraction of sp³-hybridized carbons (Fsp3) is 0.417. The molecule has 1 aromatic heterocycles. The van der Waals surface area contributed by atoms with Crippen LogP contribution in [0.25, 0.3) is 0 Å². The van der Waals surface area contributed by atoms with Crippen molar-refractivity contribution in [3.63, 3.8) is 0 Å². The lowest BCUT2D eigenvalue weighted by molar-refractivity contribution is -0.121. The average molecular weight is 221 g/mol. The van der Waals surface area contributed by atoms with Gasteiger partial charge in [0.1, 0.15) is 5.78 Å². The number of ketones is 1. The number of rotatable bonds is 4. The number of carbonyl (C=O) groups excluding carboxylic acids is 2. The highest BCUT2D eigenvalue weighted by atomic mass is 16.5. The van der Waals surface area contributed by atoms with Crippen molar-refractivity contribution in [1.29, 1.82) is 0 Å². The fourth-order valence-electron chi connectivity index (χ4n) is 1.20. The second-order valence-corrected chi connectivity index (χ2v) is 3.83. The van der Waals surface area contributed by atoms with Crippen LogP contribution in [0.4, 0.5) is 0 Å². The Morgan fingerprint density at radius 2 is 2.12 bits per heavy atom. The molecule has 0 aliphatic carbocycles. The van der Waals surface area contributed by atoms with E-state index in [2.05, 4.69) is 9.72 Å². The van der Waals surface area contributed by atoms with Crippen molar-refractivity contribution in [2.24, 2.45) is 5.92 Å². The SMILES string of the molecule is COC(=O)c1ccnc(CC(=O)C(C)C)c1. The number of ether oxygens (including phenoxy) is 1. The first-order valence-corrected chi connectivity index (χ1v) is 5.10. The third-order valence-electron chi connectivity index (χ3n) is 2.24. The normalized spacial score (nSPS) is 10.2. The maximum atomic E-state index is 11.5. The predicted molar refractivity (Wildman–Crippen MR) is 59.1 cm³/mol. The van der Waals surface area contributed by atoms with Crippen LogP contribution in [0.1, 0.15) is 29.9 Å². The van der Waals surface area contributed by atoms with Crippen LogP contribution in [-0.4, -0.2) is 23.8 Å². The Kier molecular flexibility index (Phi) is 4.17. The number of pyridine rings is 1. The molecule has 4 nitrogen and oxygen atoms in total. The molecule has 1 heterocycles. The largest absolute Gasteiger partial charge is 0.465 e. The summed E-state index contributed by atoms with van der Waals surface area (Å²) in [5.74, 6) is -0.334. The standard InChI is InChI=1S/C12H15NO3/c1-8(2)11(14)7-10-6-9(4-5-13-10)12(15)16-3/h4-6,8H,7H2,1-3H3. The van der Waals surface area contributed by atoms with Crippen molar-refractivity contribution >= 4 is 11.8 Å². The molecular formula is C12H15NO3. The highest BCUT2D eigenvalue weighted by Gasteiger charge is 2.11. The Bertz CT molecular complexity index is 399. The van der Waals surface area contributed by atoms with Gasteiger partial charge in [-0.15, -0.1) is 0 Å². The Labute approximate surface area is 94.6 Å². The lowest BCUT2D eigenvalue weighted by atomic mass is 10.0. The first-order chi connectivity index (χ1) is 7.54. The Morgan fingerprint density at radius 1 is 1.44 bits per heavy atom. The van der Waals surface area contributed by atoms with Crippen LogP contribution in [-0.2, 0) is 16.0 Å². The number of hydrogen-bond donors (Lipinski definition) is 0. The predicted octanol–water partition coefficient (Wildman–Crippen LogP) is 1.64. The molecule has 0 amide bonds. The van der Waals surface area contributed by atoms with Crippen LogP contribution >= 0.6 is 0 Å². The summed E-state index contributed by atoms with van der Waals surface area (Å²) in [6, 6.07) is 3.15. The fourth-order valence-corrected chi connectivity index (χ4v) is 1.20. The van der Waals surface area contributed by atoms with Crippen LogP contribution in [0, 0.1) is 5.92 Å². The monoisotopic (exact) mass is 221 g/mol. The molecular weight excluding hydrogens is 206 g/mol. The first-order valence-electron chi connectivity index (χ1n) is 5.10. The van der Waals surface area contributed by atoms with E-state index in [0.29, 0.717) is 11.3 Å². The number of esters is 1. The third kappa shape index (κ3) is 3.15. The van der Waals surface area contributed by atoms with E-state index in [1.807, 2.05) is 13.8 Å². The van der Waals surface area contributed by atoms with E-state index < -0.39 is 5.97 Å². The summed E-state index contributed by atoms with van der Waals surface area (Å²) < 4.78 is 4.59. The van der Waals surface area contributed by atoms with Crippen molar-refractivity contribution in [1.82, 2.24) is 4.98 Å². The van der Waals surface area contributed by atoms with Gasteiger partial charge in [0.15, 0.2) is 0 Å². The second-order valence-electron chi connectivity index (χ2n) is 3.83. The molecule has 0 fully saturated rings. The molecule has 0 aliphatic heterocycles. The van der Waals surface area contributed by atoms with E-state index in [-0.39, 0.29) is 18.1 Å². The number of methoxy groups -OCH3 is 1. The highest BCUT2D eigenvalue weighted by Crippen LogP contribution is 2.07. The van der Waals surface area contributed by atoms with E-state index in [0.717, 1.165) is 0 Å². The maximum absolute atomic E-state index is 11.5. The third-order valence-corrected chi connectivity index (χ3v) is 2.24. The van der Waals surface area contributed by atoms with Crippen LogP contribution in [0.5, 0.6) is 0 Å². The summed E-state index contributed by atoms with van der Waals surface area (Å²) in [5, 5.41) is 0. The summed E-state index contributed by atoms with van der Waals surface area (Å²) in [6.07, 6.45) is 1.76.